The third-order valence-corrected chi connectivity index (χ3v) is 4.23. The highest BCUT2D eigenvalue weighted by Crippen LogP contribution is 2.23. The summed E-state index contributed by atoms with van der Waals surface area (Å²) in [6.07, 6.45) is 3.35. The zero-order valence-corrected chi connectivity index (χ0v) is 13.3. The summed E-state index contributed by atoms with van der Waals surface area (Å²) in [5.41, 5.74) is 1.71. The Morgan fingerprint density at radius 3 is 2.45 bits per heavy atom. The Bertz CT molecular complexity index is 527. The van der Waals surface area contributed by atoms with E-state index in [4.69, 9.17) is 0 Å². The molecule has 0 aliphatic carbocycles. The Kier molecular flexibility index (Phi) is 5.80. The molecule has 2 aliphatic rings. The van der Waals surface area contributed by atoms with Gasteiger partial charge in [-0.15, -0.1) is 12.4 Å². The van der Waals surface area contributed by atoms with Gasteiger partial charge in [-0.25, -0.2) is 0 Å². The van der Waals surface area contributed by atoms with Crippen molar-refractivity contribution >= 4 is 35.6 Å². The SMILES string of the molecule is Cl.O=C(Nc1ccc(N2CCCC2=O)cc1)C1CCNCC1. The highest BCUT2D eigenvalue weighted by atomic mass is 35.5. The van der Waals surface area contributed by atoms with Crippen LogP contribution >= 0.6 is 12.4 Å². The van der Waals surface area contributed by atoms with Crippen molar-refractivity contribution in [1.29, 1.82) is 0 Å². The van der Waals surface area contributed by atoms with Crippen LogP contribution in [0.25, 0.3) is 0 Å². The molecule has 0 aromatic heterocycles. The molecule has 3 rings (SSSR count). The molecule has 5 nitrogen and oxygen atoms in total. The third-order valence-electron chi connectivity index (χ3n) is 4.23. The lowest BCUT2D eigenvalue weighted by Gasteiger charge is -2.22. The number of carbonyl (C=O) groups is 2. The largest absolute Gasteiger partial charge is 0.326 e. The predicted molar refractivity (Wildman–Crippen MR) is 89.5 cm³/mol. The van der Waals surface area contributed by atoms with E-state index in [9.17, 15) is 9.59 Å². The van der Waals surface area contributed by atoms with Gasteiger partial charge >= 0.3 is 0 Å². The molecule has 2 aliphatic heterocycles. The first-order valence-electron chi connectivity index (χ1n) is 7.66. The number of nitrogens with one attached hydrogen (secondary N) is 2. The van der Waals surface area contributed by atoms with E-state index in [-0.39, 0.29) is 30.1 Å². The van der Waals surface area contributed by atoms with Gasteiger partial charge in [-0.3, -0.25) is 9.59 Å². The second-order valence-corrected chi connectivity index (χ2v) is 5.71. The van der Waals surface area contributed by atoms with Gasteiger partial charge in [0.1, 0.15) is 0 Å². The summed E-state index contributed by atoms with van der Waals surface area (Å²) in [4.78, 5) is 25.7. The zero-order chi connectivity index (χ0) is 14.7. The lowest BCUT2D eigenvalue weighted by atomic mass is 9.97. The fraction of sp³-hybridized carbons (Fsp3) is 0.500. The molecule has 0 unspecified atom stereocenters. The quantitative estimate of drug-likeness (QED) is 0.896. The average molecular weight is 324 g/mol. The Morgan fingerprint density at radius 2 is 1.86 bits per heavy atom. The van der Waals surface area contributed by atoms with Crippen LogP contribution in [-0.2, 0) is 9.59 Å². The Hall–Kier alpha value is -1.59. The van der Waals surface area contributed by atoms with Crippen molar-refractivity contribution in [2.45, 2.75) is 25.7 Å². The minimum Gasteiger partial charge on any atom is -0.326 e. The molecular formula is C16H22ClN3O2. The standard InChI is InChI=1S/C16H21N3O2.ClH/c20-15-2-1-11-19(15)14-5-3-13(4-6-14)18-16(21)12-7-9-17-10-8-12;/h3-6,12,17H,1-2,7-11H2,(H,18,21);1H. The van der Waals surface area contributed by atoms with Crippen molar-refractivity contribution in [3.8, 4) is 0 Å². The summed E-state index contributed by atoms with van der Waals surface area (Å²) < 4.78 is 0. The molecule has 0 bridgehead atoms. The summed E-state index contributed by atoms with van der Waals surface area (Å²) >= 11 is 0. The first kappa shape index (κ1) is 16.8. The smallest absolute Gasteiger partial charge is 0.227 e. The maximum absolute atomic E-state index is 12.2. The topological polar surface area (TPSA) is 61.4 Å². The van der Waals surface area contributed by atoms with Crippen LogP contribution in [0.1, 0.15) is 25.7 Å². The fourth-order valence-corrected chi connectivity index (χ4v) is 2.97. The number of anilines is 2. The van der Waals surface area contributed by atoms with Crippen LogP contribution in [0.4, 0.5) is 11.4 Å². The van der Waals surface area contributed by atoms with E-state index in [1.807, 2.05) is 24.3 Å². The number of rotatable bonds is 3. The molecule has 0 saturated carbocycles. The monoisotopic (exact) mass is 323 g/mol. The zero-order valence-electron chi connectivity index (χ0n) is 12.5. The van der Waals surface area contributed by atoms with E-state index < -0.39 is 0 Å². The maximum atomic E-state index is 12.2. The number of benzene rings is 1. The van der Waals surface area contributed by atoms with E-state index in [1.54, 1.807) is 4.90 Å². The van der Waals surface area contributed by atoms with E-state index in [2.05, 4.69) is 10.6 Å². The number of amides is 2. The van der Waals surface area contributed by atoms with Gasteiger partial charge in [0.15, 0.2) is 0 Å². The van der Waals surface area contributed by atoms with E-state index in [0.717, 1.165) is 50.3 Å². The number of hydrogen-bond donors (Lipinski definition) is 2. The first-order valence-corrected chi connectivity index (χ1v) is 7.66. The molecular weight excluding hydrogens is 302 g/mol. The Morgan fingerprint density at radius 1 is 1.18 bits per heavy atom. The summed E-state index contributed by atoms with van der Waals surface area (Å²) in [7, 11) is 0. The van der Waals surface area contributed by atoms with E-state index in [0.29, 0.717) is 6.42 Å². The third kappa shape index (κ3) is 3.78. The molecule has 2 heterocycles. The van der Waals surface area contributed by atoms with Gasteiger partial charge in [-0.05, 0) is 56.6 Å². The van der Waals surface area contributed by atoms with Crippen molar-refractivity contribution in [2.24, 2.45) is 5.92 Å². The van der Waals surface area contributed by atoms with Crippen LogP contribution < -0.4 is 15.5 Å². The number of carbonyl (C=O) groups excluding carboxylic acids is 2. The van der Waals surface area contributed by atoms with Crippen LogP contribution in [0.15, 0.2) is 24.3 Å². The number of nitrogens with zero attached hydrogens (tertiary/aromatic N) is 1. The Balaban J connectivity index is 0.00000176. The van der Waals surface area contributed by atoms with Crippen LogP contribution in [0.2, 0.25) is 0 Å². The second kappa shape index (κ2) is 7.61. The van der Waals surface area contributed by atoms with E-state index in [1.165, 1.54) is 0 Å². The van der Waals surface area contributed by atoms with Crippen LogP contribution in [0, 0.1) is 5.92 Å². The maximum Gasteiger partial charge on any atom is 0.227 e. The molecule has 6 heteroatoms. The Labute approximate surface area is 136 Å². The minimum atomic E-state index is 0. The molecule has 0 radical (unpaired) electrons. The molecule has 0 atom stereocenters. The van der Waals surface area contributed by atoms with Gasteiger partial charge in [0.25, 0.3) is 0 Å². The first-order chi connectivity index (χ1) is 10.2. The van der Waals surface area contributed by atoms with Crippen molar-refractivity contribution in [1.82, 2.24) is 5.32 Å². The highest BCUT2D eigenvalue weighted by molar-refractivity contribution is 5.96. The summed E-state index contributed by atoms with van der Waals surface area (Å²) in [6, 6.07) is 7.56. The van der Waals surface area contributed by atoms with E-state index >= 15 is 0 Å². The summed E-state index contributed by atoms with van der Waals surface area (Å²) in [5, 5.41) is 6.23. The van der Waals surface area contributed by atoms with Crippen LogP contribution in [0.3, 0.4) is 0 Å². The minimum absolute atomic E-state index is 0. The molecule has 1 aromatic carbocycles. The number of halogens is 1. The lowest BCUT2D eigenvalue weighted by molar-refractivity contribution is -0.120. The lowest BCUT2D eigenvalue weighted by Crippen LogP contribution is -2.34. The van der Waals surface area contributed by atoms with Crippen molar-refractivity contribution < 1.29 is 9.59 Å². The molecule has 2 fully saturated rings. The summed E-state index contributed by atoms with van der Waals surface area (Å²) in [6.45, 7) is 2.61. The van der Waals surface area contributed by atoms with Gasteiger partial charge < -0.3 is 15.5 Å². The van der Waals surface area contributed by atoms with Gasteiger partial charge in [0.05, 0.1) is 0 Å². The second-order valence-electron chi connectivity index (χ2n) is 5.71. The molecule has 2 amide bonds. The molecule has 2 saturated heterocycles. The normalized spacial score (nSPS) is 18.9. The summed E-state index contributed by atoms with van der Waals surface area (Å²) in [5.74, 6) is 0.383. The van der Waals surface area contributed by atoms with Gasteiger partial charge in [-0.2, -0.15) is 0 Å². The van der Waals surface area contributed by atoms with Crippen LogP contribution in [0.5, 0.6) is 0 Å². The predicted octanol–water partition coefficient (Wildman–Crippen LogP) is 2.17. The highest BCUT2D eigenvalue weighted by Gasteiger charge is 2.22. The van der Waals surface area contributed by atoms with Crippen LogP contribution in [-0.4, -0.2) is 31.4 Å². The molecule has 22 heavy (non-hydrogen) atoms. The molecule has 2 N–H and O–H groups in total. The average Bonchev–Trinajstić information content (AvgIpc) is 2.95. The van der Waals surface area contributed by atoms with Crippen molar-refractivity contribution in [3.05, 3.63) is 24.3 Å². The van der Waals surface area contributed by atoms with Gasteiger partial charge in [-0.1, -0.05) is 0 Å². The molecule has 0 spiro atoms. The van der Waals surface area contributed by atoms with Gasteiger partial charge in [0.2, 0.25) is 11.8 Å². The molecule has 1 aromatic rings. The van der Waals surface area contributed by atoms with Crippen molar-refractivity contribution in [2.75, 3.05) is 29.9 Å². The fourth-order valence-electron chi connectivity index (χ4n) is 2.97. The number of piperidine rings is 1. The molecule has 120 valence electrons. The van der Waals surface area contributed by atoms with Gasteiger partial charge in [0, 0.05) is 30.3 Å². The number of hydrogen-bond acceptors (Lipinski definition) is 3. The van der Waals surface area contributed by atoms with Crippen molar-refractivity contribution in [3.63, 3.8) is 0 Å².